The van der Waals surface area contributed by atoms with Crippen molar-refractivity contribution in [3.05, 3.63) is 63.9 Å². The Labute approximate surface area is 135 Å². The molecule has 0 radical (unpaired) electrons. The number of rotatable bonds is 6. The molecule has 1 fully saturated rings. The Kier molecular flexibility index (Phi) is 4.71. The van der Waals surface area contributed by atoms with Crippen LogP contribution in [0.2, 0.25) is 0 Å². The van der Waals surface area contributed by atoms with Crippen LogP contribution in [0.25, 0.3) is 0 Å². The second-order valence-corrected chi connectivity index (χ2v) is 6.88. The van der Waals surface area contributed by atoms with E-state index in [1.165, 1.54) is 24.0 Å². The van der Waals surface area contributed by atoms with Crippen LogP contribution in [0, 0.1) is 6.92 Å². The van der Waals surface area contributed by atoms with E-state index in [1.807, 2.05) is 6.20 Å². The third-order valence-electron chi connectivity index (χ3n) is 3.99. The molecule has 1 N–H and O–H groups in total. The maximum Gasteiger partial charge on any atom is 0.0413 e. The van der Waals surface area contributed by atoms with Crippen molar-refractivity contribution in [3.8, 4) is 0 Å². The van der Waals surface area contributed by atoms with Crippen molar-refractivity contribution in [2.24, 2.45) is 0 Å². The lowest BCUT2D eigenvalue weighted by Gasteiger charge is -2.18. The number of aryl methyl sites for hydroxylation is 1. The zero-order valence-electron chi connectivity index (χ0n) is 12.3. The van der Waals surface area contributed by atoms with E-state index in [-0.39, 0.29) is 0 Å². The molecule has 3 heteroatoms. The quantitative estimate of drug-likeness (QED) is 0.847. The summed E-state index contributed by atoms with van der Waals surface area (Å²) in [7, 11) is 0. The first-order valence-corrected chi connectivity index (χ1v) is 8.40. The number of nitrogens with one attached hydrogen (secondary N) is 1. The summed E-state index contributed by atoms with van der Waals surface area (Å²) >= 11 is 3.45. The fourth-order valence-electron chi connectivity index (χ4n) is 2.61. The molecule has 1 unspecified atom stereocenters. The number of nitrogens with zero attached hydrogens (tertiary/aromatic N) is 1. The second-order valence-electron chi connectivity index (χ2n) is 5.97. The molecule has 0 bridgehead atoms. The highest BCUT2D eigenvalue weighted by Crippen LogP contribution is 2.24. The highest BCUT2D eigenvalue weighted by atomic mass is 79.9. The topological polar surface area (TPSA) is 24.9 Å². The van der Waals surface area contributed by atoms with Gasteiger partial charge in [0.25, 0.3) is 0 Å². The van der Waals surface area contributed by atoms with Crippen molar-refractivity contribution >= 4 is 15.9 Å². The molecule has 1 aromatic heterocycles. The van der Waals surface area contributed by atoms with Gasteiger partial charge in [-0.05, 0) is 59.8 Å². The largest absolute Gasteiger partial charge is 0.313 e. The molecule has 2 nitrogen and oxygen atoms in total. The second kappa shape index (κ2) is 6.71. The van der Waals surface area contributed by atoms with Crippen LogP contribution in [0.15, 0.2) is 47.1 Å². The molecule has 1 aliphatic rings. The lowest BCUT2D eigenvalue weighted by molar-refractivity contribution is 0.572. The van der Waals surface area contributed by atoms with E-state index in [2.05, 4.69) is 69.6 Å². The van der Waals surface area contributed by atoms with Crippen molar-refractivity contribution in [2.75, 3.05) is 6.54 Å². The monoisotopic (exact) mass is 344 g/mol. The Hall–Kier alpha value is -1.19. The van der Waals surface area contributed by atoms with Gasteiger partial charge in [0.1, 0.15) is 0 Å². The van der Waals surface area contributed by atoms with E-state index < -0.39 is 0 Å². The van der Waals surface area contributed by atoms with E-state index >= 15 is 0 Å². The van der Waals surface area contributed by atoms with Gasteiger partial charge in [-0.25, -0.2) is 0 Å². The Morgan fingerprint density at radius 1 is 1.29 bits per heavy atom. The third kappa shape index (κ3) is 4.39. The van der Waals surface area contributed by atoms with Crippen LogP contribution in [0.4, 0.5) is 0 Å². The average molecular weight is 345 g/mol. The molecule has 0 amide bonds. The molecule has 1 heterocycles. The first-order chi connectivity index (χ1) is 10.2. The summed E-state index contributed by atoms with van der Waals surface area (Å²) in [5.41, 5.74) is 3.89. The maximum atomic E-state index is 4.53. The smallest absolute Gasteiger partial charge is 0.0413 e. The highest BCUT2D eigenvalue weighted by Gasteiger charge is 2.22. The summed E-state index contributed by atoms with van der Waals surface area (Å²) in [4.78, 5) is 4.53. The molecule has 110 valence electrons. The summed E-state index contributed by atoms with van der Waals surface area (Å²) in [5.74, 6) is 0.485. The van der Waals surface area contributed by atoms with Crippen molar-refractivity contribution < 1.29 is 0 Å². The molecular formula is C18H21BrN2. The zero-order chi connectivity index (χ0) is 14.7. The van der Waals surface area contributed by atoms with Gasteiger partial charge in [0.15, 0.2) is 0 Å². The van der Waals surface area contributed by atoms with Crippen LogP contribution >= 0.6 is 15.9 Å². The molecule has 0 aliphatic heterocycles. The number of benzene rings is 1. The predicted octanol–water partition coefficient (Wildman–Crippen LogP) is 4.23. The minimum Gasteiger partial charge on any atom is -0.313 e. The molecular weight excluding hydrogens is 324 g/mol. The Morgan fingerprint density at radius 3 is 2.81 bits per heavy atom. The number of pyridine rings is 1. The zero-order valence-corrected chi connectivity index (χ0v) is 13.9. The van der Waals surface area contributed by atoms with Gasteiger partial charge in [0.2, 0.25) is 0 Å². The number of aromatic nitrogens is 1. The lowest BCUT2D eigenvalue weighted by atomic mass is 9.92. The molecule has 2 aromatic rings. The Bertz CT molecular complexity index is 590. The van der Waals surface area contributed by atoms with Crippen LogP contribution in [0.3, 0.4) is 0 Å². The summed E-state index contributed by atoms with van der Waals surface area (Å²) < 4.78 is 1.04. The fourth-order valence-corrected chi connectivity index (χ4v) is 2.84. The third-order valence-corrected chi connectivity index (χ3v) is 4.46. The van der Waals surface area contributed by atoms with Crippen molar-refractivity contribution in [3.63, 3.8) is 0 Å². The minimum atomic E-state index is 0.485. The average Bonchev–Trinajstić information content (AvgIpc) is 3.30. The number of halogens is 1. The molecule has 1 aliphatic carbocycles. The molecule has 0 spiro atoms. The number of hydrogen-bond donors (Lipinski definition) is 1. The van der Waals surface area contributed by atoms with Crippen LogP contribution in [0.5, 0.6) is 0 Å². The van der Waals surface area contributed by atoms with Crippen LogP contribution in [-0.2, 0) is 6.42 Å². The summed E-state index contributed by atoms with van der Waals surface area (Å²) in [6.07, 6.45) is 5.53. The molecule has 0 saturated heterocycles. The van der Waals surface area contributed by atoms with Crippen LogP contribution < -0.4 is 5.32 Å². The van der Waals surface area contributed by atoms with E-state index in [0.717, 1.165) is 29.2 Å². The molecule has 1 aromatic carbocycles. The molecule has 1 saturated carbocycles. The van der Waals surface area contributed by atoms with Gasteiger partial charge in [-0.1, -0.05) is 29.8 Å². The van der Waals surface area contributed by atoms with Gasteiger partial charge < -0.3 is 5.32 Å². The van der Waals surface area contributed by atoms with Crippen LogP contribution in [0.1, 0.15) is 35.6 Å². The molecule has 1 atom stereocenters. The van der Waals surface area contributed by atoms with E-state index in [4.69, 9.17) is 0 Å². The van der Waals surface area contributed by atoms with Gasteiger partial charge in [0.05, 0.1) is 0 Å². The minimum absolute atomic E-state index is 0.485. The summed E-state index contributed by atoms with van der Waals surface area (Å²) in [6, 6.07) is 13.8. The normalized spacial score (nSPS) is 15.9. The van der Waals surface area contributed by atoms with Gasteiger partial charge in [-0.3, -0.25) is 4.98 Å². The first kappa shape index (κ1) is 14.7. The summed E-state index contributed by atoms with van der Waals surface area (Å²) in [5, 5.41) is 3.67. The molecule has 3 rings (SSSR count). The van der Waals surface area contributed by atoms with Gasteiger partial charge in [-0.15, -0.1) is 0 Å². The fraction of sp³-hybridized carbons (Fsp3) is 0.389. The Morgan fingerprint density at radius 2 is 2.14 bits per heavy atom. The first-order valence-electron chi connectivity index (χ1n) is 7.61. The van der Waals surface area contributed by atoms with Crippen molar-refractivity contribution in [1.29, 1.82) is 0 Å². The van der Waals surface area contributed by atoms with Gasteiger partial charge in [0, 0.05) is 34.9 Å². The van der Waals surface area contributed by atoms with Gasteiger partial charge >= 0.3 is 0 Å². The highest BCUT2D eigenvalue weighted by molar-refractivity contribution is 9.10. The van der Waals surface area contributed by atoms with E-state index in [9.17, 15) is 0 Å². The van der Waals surface area contributed by atoms with Gasteiger partial charge in [-0.2, -0.15) is 0 Å². The standard InChI is InChI=1S/C18H21BrN2/c1-13-3-2-4-14(9-13)15(11-20-17-7-8-17)10-18-6-5-16(19)12-21-18/h2-6,9,12,15,17,20H,7-8,10-11H2,1H3. The van der Waals surface area contributed by atoms with E-state index in [1.54, 1.807) is 0 Å². The van der Waals surface area contributed by atoms with Crippen LogP contribution in [-0.4, -0.2) is 17.6 Å². The molecule has 21 heavy (non-hydrogen) atoms. The SMILES string of the molecule is Cc1cccc(C(CNC2CC2)Cc2ccc(Br)cn2)c1. The maximum absolute atomic E-state index is 4.53. The summed E-state index contributed by atoms with van der Waals surface area (Å²) in [6.45, 7) is 3.19. The van der Waals surface area contributed by atoms with Crippen molar-refractivity contribution in [2.45, 2.75) is 38.1 Å². The lowest BCUT2D eigenvalue weighted by Crippen LogP contribution is -2.25. The Balaban J connectivity index is 1.75. The predicted molar refractivity (Wildman–Crippen MR) is 90.6 cm³/mol. The van der Waals surface area contributed by atoms with E-state index in [0.29, 0.717) is 5.92 Å². The van der Waals surface area contributed by atoms with Crippen molar-refractivity contribution in [1.82, 2.24) is 10.3 Å². The number of hydrogen-bond acceptors (Lipinski definition) is 2.